The largest absolute Gasteiger partial charge is 0.463 e. The average Bonchev–Trinajstić information content (AvgIpc) is 3.58. The van der Waals surface area contributed by atoms with Crippen molar-refractivity contribution in [3.63, 3.8) is 0 Å². The van der Waals surface area contributed by atoms with E-state index >= 15 is 0 Å². The summed E-state index contributed by atoms with van der Waals surface area (Å²) in [4.78, 5) is 37.9. The standard InChI is InChI=1S/C25H30N4O3/c30-22-15-20(18-32-24-26-11-4-12-27-24)17-29(22)16-19-7-13-28(14-8-19)23(31)25(9-10-25)21-5-2-1-3-6-21/h1-6,11-12,19-20H,7-10,13-18H2. The first kappa shape index (κ1) is 20.9. The van der Waals surface area contributed by atoms with Gasteiger partial charge in [0.15, 0.2) is 0 Å². The van der Waals surface area contributed by atoms with Crippen LogP contribution in [0, 0.1) is 11.8 Å². The number of piperidine rings is 1. The number of aromatic nitrogens is 2. The maximum absolute atomic E-state index is 13.3. The van der Waals surface area contributed by atoms with Crippen LogP contribution < -0.4 is 4.74 Å². The molecule has 2 aromatic rings. The summed E-state index contributed by atoms with van der Waals surface area (Å²) in [7, 11) is 0. The highest BCUT2D eigenvalue weighted by atomic mass is 16.5. The molecule has 7 heteroatoms. The van der Waals surface area contributed by atoms with Crippen LogP contribution in [0.2, 0.25) is 0 Å². The summed E-state index contributed by atoms with van der Waals surface area (Å²) < 4.78 is 5.65. The molecule has 168 valence electrons. The van der Waals surface area contributed by atoms with Crippen LogP contribution in [-0.4, -0.2) is 64.4 Å². The Hall–Kier alpha value is -2.96. The number of rotatable bonds is 7. The molecule has 2 amide bonds. The van der Waals surface area contributed by atoms with Crippen LogP contribution >= 0.6 is 0 Å². The molecule has 5 rings (SSSR count). The van der Waals surface area contributed by atoms with Gasteiger partial charge in [-0.25, -0.2) is 9.97 Å². The molecule has 0 radical (unpaired) electrons. The minimum Gasteiger partial charge on any atom is -0.463 e. The van der Waals surface area contributed by atoms with Crippen molar-refractivity contribution in [2.45, 2.75) is 37.5 Å². The summed E-state index contributed by atoms with van der Waals surface area (Å²) in [5, 5.41) is 0. The van der Waals surface area contributed by atoms with Gasteiger partial charge in [-0.3, -0.25) is 9.59 Å². The number of likely N-dealkylation sites (tertiary alicyclic amines) is 2. The second-order valence-corrected chi connectivity index (χ2v) is 9.39. The van der Waals surface area contributed by atoms with Crippen LogP contribution in [0.15, 0.2) is 48.8 Å². The van der Waals surface area contributed by atoms with E-state index in [0.29, 0.717) is 30.9 Å². The van der Waals surface area contributed by atoms with Crippen molar-refractivity contribution in [3.8, 4) is 6.01 Å². The molecule has 2 saturated heterocycles. The number of ether oxygens (including phenoxy) is 1. The van der Waals surface area contributed by atoms with E-state index in [1.165, 1.54) is 0 Å². The molecule has 7 nitrogen and oxygen atoms in total. The molecular formula is C25H30N4O3. The van der Waals surface area contributed by atoms with Gasteiger partial charge in [0, 0.05) is 50.9 Å². The van der Waals surface area contributed by atoms with Crippen molar-refractivity contribution >= 4 is 11.8 Å². The first-order valence-corrected chi connectivity index (χ1v) is 11.7. The third kappa shape index (κ3) is 4.33. The molecule has 3 aliphatic rings. The molecule has 32 heavy (non-hydrogen) atoms. The zero-order chi connectivity index (χ0) is 22.0. The van der Waals surface area contributed by atoms with E-state index in [9.17, 15) is 9.59 Å². The van der Waals surface area contributed by atoms with E-state index in [4.69, 9.17) is 4.74 Å². The molecule has 1 aromatic heterocycles. The molecule has 0 spiro atoms. The lowest BCUT2D eigenvalue weighted by Gasteiger charge is -2.36. The Morgan fingerprint density at radius 2 is 1.75 bits per heavy atom. The van der Waals surface area contributed by atoms with E-state index in [1.54, 1.807) is 18.5 Å². The van der Waals surface area contributed by atoms with Crippen LogP contribution in [0.1, 0.15) is 37.7 Å². The highest BCUT2D eigenvalue weighted by Crippen LogP contribution is 2.49. The van der Waals surface area contributed by atoms with Gasteiger partial charge in [-0.05, 0) is 43.2 Å². The van der Waals surface area contributed by atoms with Gasteiger partial charge >= 0.3 is 6.01 Å². The summed E-state index contributed by atoms with van der Waals surface area (Å²) in [5.74, 6) is 1.12. The summed E-state index contributed by atoms with van der Waals surface area (Å²) in [5.41, 5.74) is 0.873. The highest BCUT2D eigenvalue weighted by Gasteiger charge is 2.53. The van der Waals surface area contributed by atoms with E-state index in [-0.39, 0.29) is 17.2 Å². The van der Waals surface area contributed by atoms with Crippen molar-refractivity contribution in [1.29, 1.82) is 0 Å². The first-order valence-electron chi connectivity index (χ1n) is 11.7. The Balaban J connectivity index is 1.09. The molecule has 1 atom stereocenters. The second-order valence-electron chi connectivity index (χ2n) is 9.39. The molecule has 3 fully saturated rings. The van der Waals surface area contributed by atoms with Crippen LogP contribution in [0.3, 0.4) is 0 Å². The van der Waals surface area contributed by atoms with Gasteiger partial charge in [0.25, 0.3) is 0 Å². The van der Waals surface area contributed by atoms with Crippen LogP contribution in [-0.2, 0) is 15.0 Å². The smallest absolute Gasteiger partial charge is 0.316 e. The Morgan fingerprint density at radius 1 is 1.03 bits per heavy atom. The Morgan fingerprint density at radius 3 is 2.44 bits per heavy atom. The minimum atomic E-state index is -0.283. The van der Waals surface area contributed by atoms with Gasteiger partial charge in [0.2, 0.25) is 11.8 Å². The summed E-state index contributed by atoms with van der Waals surface area (Å²) >= 11 is 0. The fourth-order valence-corrected chi connectivity index (χ4v) is 5.14. The molecule has 1 aliphatic carbocycles. The average molecular weight is 435 g/mol. The van der Waals surface area contributed by atoms with Crippen molar-refractivity contribution in [2.75, 3.05) is 32.8 Å². The molecule has 1 aromatic carbocycles. The molecule has 1 unspecified atom stereocenters. The highest BCUT2D eigenvalue weighted by molar-refractivity contribution is 5.91. The van der Waals surface area contributed by atoms with Gasteiger partial charge in [0.1, 0.15) is 0 Å². The minimum absolute atomic E-state index is 0.175. The third-order valence-electron chi connectivity index (χ3n) is 7.15. The lowest BCUT2D eigenvalue weighted by molar-refractivity contribution is -0.136. The van der Waals surface area contributed by atoms with E-state index < -0.39 is 0 Å². The van der Waals surface area contributed by atoms with Gasteiger partial charge in [-0.1, -0.05) is 30.3 Å². The maximum Gasteiger partial charge on any atom is 0.316 e. The molecular weight excluding hydrogens is 404 g/mol. The number of carbonyl (C=O) groups excluding carboxylic acids is 2. The quantitative estimate of drug-likeness (QED) is 0.670. The Bertz CT molecular complexity index is 940. The third-order valence-corrected chi connectivity index (χ3v) is 7.15. The van der Waals surface area contributed by atoms with E-state index in [1.807, 2.05) is 23.1 Å². The van der Waals surface area contributed by atoms with Gasteiger partial charge < -0.3 is 14.5 Å². The van der Waals surface area contributed by atoms with Crippen molar-refractivity contribution in [2.24, 2.45) is 11.8 Å². The number of nitrogens with zero attached hydrogens (tertiary/aromatic N) is 4. The number of hydrogen-bond acceptors (Lipinski definition) is 5. The molecule has 1 saturated carbocycles. The van der Waals surface area contributed by atoms with Gasteiger partial charge in [0.05, 0.1) is 12.0 Å². The van der Waals surface area contributed by atoms with Crippen molar-refractivity contribution in [3.05, 3.63) is 54.4 Å². The predicted molar refractivity (Wildman–Crippen MR) is 119 cm³/mol. The first-order chi connectivity index (χ1) is 15.6. The maximum atomic E-state index is 13.3. The Kier molecular flexibility index (Phi) is 5.81. The molecule has 0 N–H and O–H groups in total. The van der Waals surface area contributed by atoms with Crippen molar-refractivity contribution < 1.29 is 14.3 Å². The topological polar surface area (TPSA) is 75.6 Å². The van der Waals surface area contributed by atoms with Crippen LogP contribution in [0.25, 0.3) is 0 Å². The number of carbonyl (C=O) groups is 2. The number of amides is 2. The molecule has 3 heterocycles. The van der Waals surface area contributed by atoms with Gasteiger partial charge in [-0.15, -0.1) is 0 Å². The predicted octanol–water partition coefficient (Wildman–Crippen LogP) is 2.67. The molecule has 2 aliphatic heterocycles. The summed E-state index contributed by atoms with van der Waals surface area (Å²) in [6, 6.07) is 12.3. The van der Waals surface area contributed by atoms with Crippen LogP contribution in [0.5, 0.6) is 6.01 Å². The SMILES string of the molecule is O=C1CC(COc2ncccn2)CN1CC1CCN(C(=O)C2(c3ccccc3)CC2)CC1. The summed E-state index contributed by atoms with van der Waals surface area (Å²) in [6.07, 6.45) is 7.64. The van der Waals surface area contributed by atoms with E-state index in [2.05, 4.69) is 27.0 Å². The molecule has 0 bridgehead atoms. The van der Waals surface area contributed by atoms with Crippen LogP contribution in [0.4, 0.5) is 0 Å². The lowest BCUT2D eigenvalue weighted by Crippen LogP contribution is -2.45. The van der Waals surface area contributed by atoms with Crippen molar-refractivity contribution in [1.82, 2.24) is 19.8 Å². The summed E-state index contributed by atoms with van der Waals surface area (Å²) in [6.45, 7) is 3.54. The fourth-order valence-electron chi connectivity index (χ4n) is 5.14. The lowest BCUT2D eigenvalue weighted by atomic mass is 9.91. The van der Waals surface area contributed by atoms with Gasteiger partial charge in [-0.2, -0.15) is 0 Å². The Labute approximate surface area is 188 Å². The zero-order valence-electron chi connectivity index (χ0n) is 18.4. The number of hydrogen-bond donors (Lipinski definition) is 0. The second kappa shape index (κ2) is 8.88. The monoisotopic (exact) mass is 434 g/mol. The number of benzene rings is 1. The fraction of sp³-hybridized carbons (Fsp3) is 0.520. The normalized spacial score (nSPS) is 22.8. The zero-order valence-corrected chi connectivity index (χ0v) is 18.4. The van der Waals surface area contributed by atoms with E-state index in [0.717, 1.165) is 57.4 Å².